The summed E-state index contributed by atoms with van der Waals surface area (Å²) in [5.74, 6) is -0.723. The summed E-state index contributed by atoms with van der Waals surface area (Å²) in [5, 5.41) is 3.42. The van der Waals surface area contributed by atoms with Gasteiger partial charge in [-0.25, -0.2) is 9.97 Å². The van der Waals surface area contributed by atoms with E-state index < -0.39 is 24.3 Å². The number of hydrogen-bond donors (Lipinski definition) is 1. The van der Waals surface area contributed by atoms with Crippen LogP contribution in [0.25, 0.3) is 11.1 Å². The number of rotatable bonds is 6. The zero-order valence-corrected chi connectivity index (χ0v) is 23.1. The molecule has 0 radical (unpaired) electrons. The van der Waals surface area contributed by atoms with Crippen LogP contribution in [-0.4, -0.2) is 51.2 Å². The number of anilines is 1. The highest BCUT2D eigenvalue weighted by Gasteiger charge is 2.39. The van der Waals surface area contributed by atoms with Gasteiger partial charge in [-0.2, -0.15) is 0 Å². The second kappa shape index (κ2) is 11.3. The fraction of sp³-hybridized carbons (Fsp3) is 0.423. The van der Waals surface area contributed by atoms with Gasteiger partial charge in [-0.05, 0) is 38.3 Å². The van der Waals surface area contributed by atoms with Gasteiger partial charge in [0.1, 0.15) is 10.9 Å². The Morgan fingerprint density at radius 3 is 2.67 bits per heavy atom. The Hall–Kier alpha value is -3.29. The lowest BCUT2D eigenvalue weighted by Crippen LogP contribution is -2.38. The predicted octanol–water partition coefficient (Wildman–Crippen LogP) is 5.76. The topological polar surface area (TPSA) is 107 Å². The van der Waals surface area contributed by atoms with Gasteiger partial charge in [0.05, 0.1) is 48.6 Å². The van der Waals surface area contributed by atoms with Crippen molar-refractivity contribution in [1.29, 1.82) is 0 Å². The van der Waals surface area contributed by atoms with Gasteiger partial charge in [0.25, 0.3) is 5.91 Å². The number of carbonyl (C=O) groups is 2. The highest BCUT2D eigenvalue weighted by molar-refractivity contribution is 7.16. The van der Waals surface area contributed by atoms with Crippen molar-refractivity contribution in [2.45, 2.75) is 58.2 Å². The van der Waals surface area contributed by atoms with Crippen molar-refractivity contribution in [1.82, 2.24) is 19.9 Å². The van der Waals surface area contributed by atoms with Crippen molar-refractivity contribution in [3.8, 4) is 16.9 Å². The number of pyridine rings is 2. The molecule has 2 atom stereocenters. The molecule has 2 aliphatic rings. The minimum atomic E-state index is -4.72. The fourth-order valence-corrected chi connectivity index (χ4v) is 6.23. The van der Waals surface area contributed by atoms with E-state index in [-0.39, 0.29) is 42.6 Å². The Morgan fingerprint density at radius 2 is 1.95 bits per heavy atom. The largest absolute Gasteiger partial charge is 0.522 e. The quantitative estimate of drug-likeness (QED) is 0.361. The van der Waals surface area contributed by atoms with Gasteiger partial charge in [-0.3, -0.25) is 24.6 Å². The summed E-state index contributed by atoms with van der Waals surface area (Å²) in [6, 6.07) is 3.36. The SMILES string of the molecule is COc1cnc(Cl)cc1-c1cc(C)ncc1C(=O)Nc1nc2c(s1)CN(C(=O)C1CCCC(OC(F)(F)F)C1)C2. The third-order valence-electron chi connectivity index (χ3n) is 6.89. The minimum Gasteiger partial charge on any atom is -0.494 e. The Bertz CT molecular complexity index is 1430. The number of ether oxygens (including phenoxy) is 2. The molecule has 9 nitrogen and oxygen atoms in total. The van der Waals surface area contributed by atoms with E-state index in [1.54, 1.807) is 24.0 Å². The van der Waals surface area contributed by atoms with Crippen LogP contribution in [0.4, 0.5) is 18.3 Å². The number of amides is 2. The molecular weight excluding hydrogens is 571 g/mol. The van der Waals surface area contributed by atoms with Crippen LogP contribution in [0.15, 0.2) is 24.5 Å². The van der Waals surface area contributed by atoms with Crippen molar-refractivity contribution in [3.05, 3.63) is 51.5 Å². The molecule has 1 aliphatic heterocycles. The van der Waals surface area contributed by atoms with E-state index >= 15 is 0 Å². The van der Waals surface area contributed by atoms with Crippen LogP contribution in [0.3, 0.4) is 0 Å². The summed E-state index contributed by atoms with van der Waals surface area (Å²) in [6.45, 7) is 2.31. The Morgan fingerprint density at radius 1 is 1.15 bits per heavy atom. The van der Waals surface area contributed by atoms with Crippen LogP contribution >= 0.6 is 22.9 Å². The monoisotopic (exact) mass is 595 g/mol. The number of nitrogens with zero attached hydrogens (tertiary/aromatic N) is 4. The predicted molar refractivity (Wildman–Crippen MR) is 141 cm³/mol. The van der Waals surface area contributed by atoms with Crippen LogP contribution in [0, 0.1) is 12.8 Å². The molecule has 5 rings (SSSR count). The van der Waals surface area contributed by atoms with E-state index in [1.165, 1.54) is 30.8 Å². The number of hydrogen-bond acceptors (Lipinski definition) is 8. The van der Waals surface area contributed by atoms with Gasteiger partial charge in [-0.15, -0.1) is 13.2 Å². The van der Waals surface area contributed by atoms with Crippen LogP contribution in [0.5, 0.6) is 5.75 Å². The highest BCUT2D eigenvalue weighted by Crippen LogP contribution is 2.37. The number of methoxy groups -OCH3 is 1. The molecule has 2 unspecified atom stereocenters. The molecule has 3 aromatic heterocycles. The van der Waals surface area contributed by atoms with Crippen LogP contribution < -0.4 is 10.1 Å². The third kappa shape index (κ3) is 6.21. The summed E-state index contributed by atoms with van der Waals surface area (Å²) >= 11 is 7.36. The van der Waals surface area contributed by atoms with E-state index in [9.17, 15) is 22.8 Å². The van der Waals surface area contributed by atoms with Crippen LogP contribution in [0.1, 0.15) is 52.3 Å². The molecule has 1 saturated carbocycles. The fourth-order valence-electron chi connectivity index (χ4n) is 5.09. The first-order chi connectivity index (χ1) is 19.0. The lowest BCUT2D eigenvalue weighted by atomic mass is 9.86. The second-order valence-corrected chi connectivity index (χ2v) is 11.1. The number of aryl methyl sites for hydroxylation is 1. The van der Waals surface area contributed by atoms with E-state index in [2.05, 4.69) is 25.0 Å². The third-order valence-corrected chi connectivity index (χ3v) is 8.10. The van der Waals surface area contributed by atoms with E-state index in [4.69, 9.17) is 16.3 Å². The van der Waals surface area contributed by atoms with Crippen molar-refractivity contribution in [2.75, 3.05) is 12.4 Å². The highest BCUT2D eigenvalue weighted by atomic mass is 35.5. The van der Waals surface area contributed by atoms with Gasteiger partial charge in [0.15, 0.2) is 5.13 Å². The summed E-state index contributed by atoms with van der Waals surface area (Å²) in [4.78, 5) is 41.6. The Balaban J connectivity index is 1.27. The smallest absolute Gasteiger partial charge is 0.494 e. The average molecular weight is 596 g/mol. The first-order valence-corrected chi connectivity index (χ1v) is 13.7. The Kier molecular flexibility index (Phi) is 7.98. The van der Waals surface area contributed by atoms with E-state index in [1.807, 2.05) is 0 Å². The normalized spacial score (nSPS) is 18.9. The molecule has 1 N–H and O–H groups in total. The standard InChI is InChI=1S/C26H25ClF3N5O4S/c1-13-6-16(17-8-22(27)32-10-20(17)38-2)18(9-31-13)23(36)34-25-33-19-11-35(12-21(19)40-25)24(37)14-4-3-5-15(7-14)39-26(28,29)30/h6,8-10,14-15H,3-5,7,11-12H2,1-2H3,(H,33,34,36). The van der Waals surface area contributed by atoms with E-state index in [0.717, 1.165) is 4.88 Å². The maximum atomic E-state index is 13.3. The Labute approximate surface area is 236 Å². The molecule has 2 amide bonds. The van der Waals surface area contributed by atoms with Crippen LogP contribution in [-0.2, 0) is 22.6 Å². The molecule has 3 aromatic rings. The molecule has 0 saturated heterocycles. The van der Waals surface area contributed by atoms with Crippen molar-refractivity contribution >= 4 is 39.9 Å². The van der Waals surface area contributed by atoms with Gasteiger partial charge < -0.3 is 9.64 Å². The number of nitrogens with one attached hydrogen (secondary N) is 1. The lowest BCUT2D eigenvalue weighted by Gasteiger charge is -2.31. The number of carbonyl (C=O) groups excluding carboxylic acids is 2. The minimum absolute atomic E-state index is 0.0393. The number of halogens is 4. The van der Waals surface area contributed by atoms with Gasteiger partial charge in [-0.1, -0.05) is 29.4 Å². The molecule has 0 aromatic carbocycles. The van der Waals surface area contributed by atoms with Crippen molar-refractivity contribution < 1.29 is 32.2 Å². The molecule has 4 heterocycles. The summed E-state index contributed by atoms with van der Waals surface area (Å²) < 4.78 is 47.5. The summed E-state index contributed by atoms with van der Waals surface area (Å²) in [7, 11) is 1.50. The molecule has 0 bridgehead atoms. The molecule has 212 valence electrons. The van der Waals surface area contributed by atoms with Gasteiger partial charge in [0, 0.05) is 28.9 Å². The second-order valence-electron chi connectivity index (χ2n) is 9.67. The number of fused-ring (bicyclic) bond motifs is 1. The summed E-state index contributed by atoms with van der Waals surface area (Å²) in [5.41, 5.74) is 2.77. The first kappa shape index (κ1) is 28.2. The zero-order chi connectivity index (χ0) is 28.6. The van der Waals surface area contributed by atoms with Crippen molar-refractivity contribution in [3.63, 3.8) is 0 Å². The molecule has 0 spiro atoms. The van der Waals surface area contributed by atoms with E-state index in [0.29, 0.717) is 46.2 Å². The zero-order valence-electron chi connectivity index (χ0n) is 21.5. The van der Waals surface area contributed by atoms with Gasteiger partial charge in [0.2, 0.25) is 5.91 Å². The molecule has 14 heteroatoms. The van der Waals surface area contributed by atoms with Crippen LogP contribution in [0.2, 0.25) is 5.15 Å². The molecule has 1 aliphatic carbocycles. The average Bonchev–Trinajstić information content (AvgIpc) is 3.46. The number of alkyl halides is 3. The number of thiazole rings is 1. The number of aromatic nitrogens is 3. The maximum Gasteiger partial charge on any atom is 0.522 e. The summed E-state index contributed by atoms with van der Waals surface area (Å²) in [6.07, 6.45) is -1.45. The molecular formula is C26H25ClF3N5O4S. The molecule has 40 heavy (non-hydrogen) atoms. The lowest BCUT2D eigenvalue weighted by molar-refractivity contribution is -0.346. The first-order valence-electron chi connectivity index (χ1n) is 12.5. The van der Waals surface area contributed by atoms with Gasteiger partial charge >= 0.3 is 6.36 Å². The maximum absolute atomic E-state index is 13.3. The van der Waals surface area contributed by atoms with Crippen molar-refractivity contribution in [2.24, 2.45) is 5.92 Å². The molecule has 1 fully saturated rings.